The van der Waals surface area contributed by atoms with Gasteiger partial charge in [0.15, 0.2) is 0 Å². The largest absolute Gasteiger partial charge is 0.337 e. The Hall–Kier alpha value is -2.62. The number of hydroxylamine groups is 2. The first-order valence-electron chi connectivity index (χ1n) is 7.75. The van der Waals surface area contributed by atoms with Crippen LogP contribution in [0.3, 0.4) is 0 Å². The Morgan fingerprint density at radius 2 is 1.83 bits per heavy atom. The van der Waals surface area contributed by atoms with Crippen LogP contribution in [-0.4, -0.2) is 16.9 Å². The van der Waals surface area contributed by atoms with E-state index in [1.807, 2.05) is 56.3 Å². The Balaban J connectivity index is 1.60. The van der Waals surface area contributed by atoms with Crippen molar-refractivity contribution in [2.45, 2.75) is 32.7 Å². The molecule has 2 aromatic carbocycles. The molecule has 23 heavy (non-hydrogen) atoms. The zero-order valence-corrected chi connectivity index (χ0v) is 13.3. The molecule has 0 fully saturated rings. The van der Waals surface area contributed by atoms with Crippen molar-refractivity contribution < 1.29 is 14.4 Å². The molecule has 0 radical (unpaired) electrons. The molecule has 1 heterocycles. The molecule has 0 saturated heterocycles. The van der Waals surface area contributed by atoms with E-state index in [1.54, 1.807) is 6.07 Å². The second-order valence-corrected chi connectivity index (χ2v) is 5.84. The molecule has 0 aromatic heterocycles. The average Bonchev–Trinajstić information content (AvgIpc) is 2.80. The first kappa shape index (κ1) is 15.3. The number of fused-ring (bicyclic) bond motifs is 1. The minimum Gasteiger partial charge on any atom is -0.337 e. The van der Waals surface area contributed by atoms with Crippen molar-refractivity contribution in [1.29, 1.82) is 0 Å². The number of aryl methyl sites for hydroxylation is 2. The minimum atomic E-state index is -0.390. The summed E-state index contributed by atoms with van der Waals surface area (Å²) in [7, 11) is 0. The first-order chi connectivity index (χ1) is 11.1. The summed E-state index contributed by atoms with van der Waals surface area (Å²) in [6.07, 6.45) is 0.846. The van der Waals surface area contributed by atoms with Gasteiger partial charge in [-0.05, 0) is 37.5 Å². The van der Waals surface area contributed by atoms with Crippen molar-refractivity contribution in [3.63, 3.8) is 0 Å². The van der Waals surface area contributed by atoms with Crippen LogP contribution in [0.2, 0.25) is 0 Å². The average molecular weight is 309 g/mol. The third-order valence-electron chi connectivity index (χ3n) is 4.13. The minimum absolute atomic E-state index is 0.246. The number of benzene rings is 2. The van der Waals surface area contributed by atoms with Gasteiger partial charge in [0.1, 0.15) is 0 Å². The fraction of sp³-hybridized carbons (Fsp3) is 0.263. The maximum absolute atomic E-state index is 12.3. The molecular formula is C19H19NO3. The van der Waals surface area contributed by atoms with Gasteiger partial charge in [-0.15, -0.1) is 0 Å². The number of carbonyl (C=O) groups is 2. The standard InChI is InChI=1S/C19H19NO3/c1-13-7-9-15(10-8-13)11-12-18(21)23-20-14(2)16-5-3-4-6-17(16)19(20)22/h3-10,14H,11-12H2,1-2H3. The number of nitrogens with zero attached hydrogens (tertiary/aromatic N) is 1. The molecule has 0 bridgehead atoms. The summed E-state index contributed by atoms with van der Waals surface area (Å²) in [4.78, 5) is 29.7. The fourth-order valence-corrected chi connectivity index (χ4v) is 2.75. The van der Waals surface area contributed by atoms with Gasteiger partial charge in [-0.2, -0.15) is 5.06 Å². The van der Waals surface area contributed by atoms with Gasteiger partial charge >= 0.3 is 5.97 Å². The van der Waals surface area contributed by atoms with Crippen molar-refractivity contribution in [1.82, 2.24) is 5.06 Å². The zero-order valence-electron chi connectivity index (χ0n) is 13.3. The third-order valence-corrected chi connectivity index (χ3v) is 4.13. The molecule has 1 aliphatic heterocycles. The predicted molar refractivity (Wildman–Crippen MR) is 86.6 cm³/mol. The molecule has 1 aliphatic rings. The Kier molecular flexibility index (Phi) is 4.15. The molecule has 4 heteroatoms. The van der Waals surface area contributed by atoms with Gasteiger partial charge in [-0.1, -0.05) is 48.0 Å². The van der Waals surface area contributed by atoms with Gasteiger partial charge in [0.05, 0.1) is 12.5 Å². The smallest absolute Gasteiger partial charge is 0.332 e. The van der Waals surface area contributed by atoms with Gasteiger partial charge in [-0.25, -0.2) is 4.79 Å². The van der Waals surface area contributed by atoms with Crippen molar-refractivity contribution >= 4 is 11.9 Å². The molecule has 1 atom stereocenters. The highest BCUT2D eigenvalue weighted by Crippen LogP contribution is 2.33. The quantitative estimate of drug-likeness (QED) is 0.867. The zero-order chi connectivity index (χ0) is 16.4. The van der Waals surface area contributed by atoms with Crippen LogP contribution in [-0.2, 0) is 16.1 Å². The van der Waals surface area contributed by atoms with Crippen LogP contribution in [0.5, 0.6) is 0 Å². The number of carbonyl (C=O) groups excluding carboxylic acids is 2. The maximum atomic E-state index is 12.3. The van der Waals surface area contributed by atoms with Crippen molar-refractivity contribution in [2.24, 2.45) is 0 Å². The lowest BCUT2D eigenvalue weighted by Gasteiger charge is -2.20. The Morgan fingerprint density at radius 3 is 2.52 bits per heavy atom. The summed E-state index contributed by atoms with van der Waals surface area (Å²) >= 11 is 0. The summed E-state index contributed by atoms with van der Waals surface area (Å²) < 4.78 is 0. The maximum Gasteiger partial charge on any atom is 0.332 e. The van der Waals surface area contributed by atoms with E-state index in [1.165, 1.54) is 10.6 Å². The molecule has 0 aliphatic carbocycles. The predicted octanol–water partition coefficient (Wildman–Crippen LogP) is 3.60. The van der Waals surface area contributed by atoms with Crippen molar-refractivity contribution in [2.75, 3.05) is 0 Å². The van der Waals surface area contributed by atoms with Crippen molar-refractivity contribution in [3.05, 3.63) is 70.8 Å². The number of hydrogen-bond donors (Lipinski definition) is 0. The van der Waals surface area contributed by atoms with Crippen molar-refractivity contribution in [3.8, 4) is 0 Å². The molecule has 1 unspecified atom stereocenters. The molecule has 0 saturated carbocycles. The summed E-state index contributed by atoms with van der Waals surface area (Å²) in [6, 6.07) is 15.1. The second-order valence-electron chi connectivity index (χ2n) is 5.84. The lowest BCUT2D eigenvalue weighted by Crippen LogP contribution is -2.30. The topological polar surface area (TPSA) is 46.6 Å². The molecule has 2 aromatic rings. The van der Waals surface area contributed by atoms with E-state index in [0.717, 1.165) is 11.1 Å². The van der Waals surface area contributed by atoms with E-state index in [4.69, 9.17) is 4.84 Å². The van der Waals surface area contributed by atoms with E-state index in [-0.39, 0.29) is 18.4 Å². The lowest BCUT2D eigenvalue weighted by atomic mass is 10.1. The van der Waals surface area contributed by atoms with Gasteiger partial charge < -0.3 is 4.84 Å². The van der Waals surface area contributed by atoms with E-state index in [9.17, 15) is 9.59 Å². The van der Waals surface area contributed by atoms with Crippen LogP contribution in [0, 0.1) is 6.92 Å². The van der Waals surface area contributed by atoms with Crippen LogP contribution in [0.25, 0.3) is 0 Å². The Bertz CT molecular complexity index is 737. The molecule has 118 valence electrons. The molecular weight excluding hydrogens is 290 g/mol. The van der Waals surface area contributed by atoms with E-state index < -0.39 is 5.97 Å². The summed E-state index contributed by atoms with van der Waals surface area (Å²) in [5.74, 6) is -0.643. The molecule has 1 amide bonds. The summed E-state index contributed by atoms with van der Waals surface area (Å²) in [5, 5.41) is 1.18. The first-order valence-corrected chi connectivity index (χ1v) is 7.75. The number of amides is 1. The van der Waals surface area contributed by atoms with Crippen LogP contribution in [0.15, 0.2) is 48.5 Å². The summed E-state index contributed by atoms with van der Waals surface area (Å²) in [6.45, 7) is 3.88. The van der Waals surface area contributed by atoms with Crippen LogP contribution < -0.4 is 0 Å². The van der Waals surface area contributed by atoms with Gasteiger partial charge in [0.2, 0.25) is 0 Å². The Morgan fingerprint density at radius 1 is 1.13 bits per heavy atom. The molecule has 0 N–H and O–H groups in total. The second kappa shape index (κ2) is 6.24. The lowest BCUT2D eigenvalue weighted by molar-refractivity contribution is -0.183. The number of hydrogen-bond acceptors (Lipinski definition) is 3. The monoisotopic (exact) mass is 309 g/mol. The van der Waals surface area contributed by atoms with Gasteiger partial charge in [0.25, 0.3) is 5.91 Å². The summed E-state index contributed by atoms with van der Waals surface area (Å²) in [5.41, 5.74) is 3.76. The third kappa shape index (κ3) is 3.11. The SMILES string of the molecule is Cc1ccc(CCC(=O)ON2C(=O)c3ccccc3C2C)cc1. The Labute approximate surface area is 135 Å². The van der Waals surface area contributed by atoms with Crippen LogP contribution in [0.1, 0.15) is 46.4 Å². The highest BCUT2D eigenvalue weighted by atomic mass is 16.7. The number of rotatable bonds is 4. The van der Waals surface area contributed by atoms with Crippen LogP contribution >= 0.6 is 0 Å². The molecule has 3 rings (SSSR count). The van der Waals surface area contributed by atoms with Crippen LogP contribution in [0.4, 0.5) is 0 Å². The fourth-order valence-electron chi connectivity index (χ4n) is 2.75. The van der Waals surface area contributed by atoms with E-state index >= 15 is 0 Å². The molecule has 4 nitrogen and oxygen atoms in total. The normalized spacial score (nSPS) is 16.3. The van der Waals surface area contributed by atoms with Gasteiger partial charge in [-0.3, -0.25) is 4.79 Å². The van der Waals surface area contributed by atoms with Gasteiger partial charge in [0, 0.05) is 5.56 Å². The van der Waals surface area contributed by atoms with E-state index in [2.05, 4.69) is 0 Å². The highest BCUT2D eigenvalue weighted by Gasteiger charge is 2.36. The van der Waals surface area contributed by atoms with E-state index in [0.29, 0.717) is 12.0 Å². The highest BCUT2D eigenvalue weighted by molar-refractivity contribution is 5.99. The molecule has 0 spiro atoms.